The molecule has 1 aromatic carbocycles. The van der Waals surface area contributed by atoms with Gasteiger partial charge in [-0.25, -0.2) is 0 Å². The monoisotopic (exact) mass is 260 g/mol. The Bertz CT molecular complexity index is 549. The quantitative estimate of drug-likeness (QED) is 0.845. The third-order valence-corrected chi connectivity index (χ3v) is 3.12. The summed E-state index contributed by atoms with van der Waals surface area (Å²) in [5.41, 5.74) is 6.39. The Hall–Kier alpha value is -2.24. The standard InChI is InChI=1S/C13H16N4O2/c14-10-5-1-2-6-11(10)18-9-12-15-13(16-19-12)17-7-3-4-8-17/h1-2,5-6H,3-4,7-9,14H2. The average molecular weight is 260 g/mol. The molecule has 6 nitrogen and oxygen atoms in total. The normalized spacial score (nSPS) is 14.8. The predicted octanol–water partition coefficient (Wildman–Crippen LogP) is 1.83. The largest absolute Gasteiger partial charge is 0.482 e. The van der Waals surface area contributed by atoms with Crippen LogP contribution in [0.2, 0.25) is 0 Å². The fourth-order valence-corrected chi connectivity index (χ4v) is 2.10. The molecule has 2 heterocycles. The van der Waals surface area contributed by atoms with Crippen molar-refractivity contribution in [3.63, 3.8) is 0 Å². The number of para-hydroxylation sites is 2. The van der Waals surface area contributed by atoms with Crippen LogP contribution < -0.4 is 15.4 Å². The van der Waals surface area contributed by atoms with Gasteiger partial charge in [-0.2, -0.15) is 4.98 Å². The van der Waals surface area contributed by atoms with Crippen LogP contribution in [0, 0.1) is 0 Å². The summed E-state index contributed by atoms with van der Waals surface area (Å²) in [5, 5.41) is 3.96. The highest BCUT2D eigenvalue weighted by Gasteiger charge is 2.18. The van der Waals surface area contributed by atoms with E-state index in [1.165, 1.54) is 12.8 Å². The van der Waals surface area contributed by atoms with Gasteiger partial charge in [0.1, 0.15) is 5.75 Å². The summed E-state index contributed by atoms with van der Waals surface area (Å²) >= 11 is 0. The summed E-state index contributed by atoms with van der Waals surface area (Å²) in [6, 6.07) is 7.33. The minimum Gasteiger partial charge on any atom is -0.482 e. The lowest BCUT2D eigenvalue weighted by Crippen LogP contribution is -2.18. The number of hydrogen-bond acceptors (Lipinski definition) is 6. The van der Waals surface area contributed by atoms with E-state index in [0.29, 0.717) is 23.3 Å². The molecule has 3 rings (SSSR count). The zero-order valence-corrected chi connectivity index (χ0v) is 10.6. The van der Waals surface area contributed by atoms with Crippen LogP contribution in [0.3, 0.4) is 0 Å². The van der Waals surface area contributed by atoms with Gasteiger partial charge in [0.25, 0.3) is 11.8 Å². The fourth-order valence-electron chi connectivity index (χ4n) is 2.10. The first-order valence-electron chi connectivity index (χ1n) is 6.38. The van der Waals surface area contributed by atoms with Crippen molar-refractivity contribution in [2.75, 3.05) is 23.7 Å². The van der Waals surface area contributed by atoms with Crippen LogP contribution in [-0.2, 0) is 6.61 Å². The maximum absolute atomic E-state index is 5.79. The van der Waals surface area contributed by atoms with Gasteiger partial charge in [-0.15, -0.1) is 0 Å². The van der Waals surface area contributed by atoms with E-state index in [1.54, 1.807) is 6.07 Å². The van der Waals surface area contributed by atoms with Gasteiger partial charge in [-0.05, 0) is 30.1 Å². The third kappa shape index (κ3) is 2.62. The number of ether oxygens (including phenoxy) is 1. The molecule has 0 bridgehead atoms. The molecule has 1 saturated heterocycles. The van der Waals surface area contributed by atoms with Crippen molar-refractivity contribution in [1.82, 2.24) is 10.1 Å². The third-order valence-electron chi connectivity index (χ3n) is 3.12. The lowest BCUT2D eigenvalue weighted by molar-refractivity contribution is 0.244. The van der Waals surface area contributed by atoms with Gasteiger partial charge >= 0.3 is 0 Å². The number of hydrogen-bond donors (Lipinski definition) is 1. The van der Waals surface area contributed by atoms with Crippen molar-refractivity contribution in [3.05, 3.63) is 30.2 Å². The lowest BCUT2D eigenvalue weighted by atomic mass is 10.3. The van der Waals surface area contributed by atoms with Gasteiger partial charge in [0.15, 0.2) is 6.61 Å². The molecule has 1 aromatic heterocycles. The molecule has 1 aliphatic rings. The Morgan fingerprint density at radius 3 is 2.84 bits per heavy atom. The van der Waals surface area contributed by atoms with Crippen LogP contribution in [0.25, 0.3) is 0 Å². The van der Waals surface area contributed by atoms with Crippen molar-refractivity contribution in [3.8, 4) is 5.75 Å². The number of nitrogen functional groups attached to an aromatic ring is 1. The molecule has 6 heteroatoms. The first-order valence-corrected chi connectivity index (χ1v) is 6.38. The Morgan fingerprint density at radius 1 is 1.26 bits per heavy atom. The maximum atomic E-state index is 5.79. The van der Waals surface area contributed by atoms with E-state index >= 15 is 0 Å². The van der Waals surface area contributed by atoms with Crippen molar-refractivity contribution < 1.29 is 9.26 Å². The Labute approximate surface area is 111 Å². The smallest absolute Gasteiger partial charge is 0.266 e. The van der Waals surface area contributed by atoms with Gasteiger partial charge in [-0.1, -0.05) is 12.1 Å². The zero-order chi connectivity index (χ0) is 13.1. The molecule has 0 aliphatic carbocycles. The van der Waals surface area contributed by atoms with E-state index in [9.17, 15) is 0 Å². The van der Waals surface area contributed by atoms with Gasteiger partial charge in [0, 0.05) is 13.1 Å². The number of aromatic nitrogens is 2. The van der Waals surface area contributed by atoms with Crippen LogP contribution in [0.4, 0.5) is 11.6 Å². The van der Waals surface area contributed by atoms with Gasteiger partial charge in [0.05, 0.1) is 5.69 Å². The predicted molar refractivity (Wildman–Crippen MR) is 70.9 cm³/mol. The van der Waals surface area contributed by atoms with Crippen LogP contribution >= 0.6 is 0 Å². The SMILES string of the molecule is Nc1ccccc1OCc1nc(N2CCCC2)no1. The fraction of sp³-hybridized carbons (Fsp3) is 0.385. The van der Waals surface area contributed by atoms with E-state index in [4.69, 9.17) is 15.0 Å². The summed E-state index contributed by atoms with van der Waals surface area (Å²) in [6.07, 6.45) is 2.36. The highest BCUT2D eigenvalue weighted by atomic mass is 16.5. The van der Waals surface area contributed by atoms with Gasteiger partial charge < -0.3 is 19.9 Å². The molecule has 0 atom stereocenters. The Kier molecular flexibility index (Phi) is 3.22. The molecule has 1 fully saturated rings. The van der Waals surface area contributed by atoms with Crippen molar-refractivity contribution >= 4 is 11.6 Å². The van der Waals surface area contributed by atoms with E-state index in [1.807, 2.05) is 18.2 Å². The highest BCUT2D eigenvalue weighted by Crippen LogP contribution is 2.21. The Balaban J connectivity index is 1.63. The second-order valence-electron chi connectivity index (χ2n) is 4.51. The molecule has 0 unspecified atom stereocenters. The number of rotatable bonds is 4. The first kappa shape index (κ1) is 11.8. The van der Waals surface area contributed by atoms with Crippen LogP contribution in [0.1, 0.15) is 18.7 Å². The first-order chi connectivity index (χ1) is 9.33. The molecule has 0 spiro atoms. The minimum atomic E-state index is 0.231. The van der Waals surface area contributed by atoms with Crippen LogP contribution in [0.15, 0.2) is 28.8 Å². The minimum absolute atomic E-state index is 0.231. The summed E-state index contributed by atoms with van der Waals surface area (Å²) in [7, 11) is 0. The second-order valence-corrected chi connectivity index (χ2v) is 4.51. The van der Waals surface area contributed by atoms with E-state index in [0.717, 1.165) is 13.1 Å². The summed E-state index contributed by atoms with van der Waals surface area (Å²) in [4.78, 5) is 6.43. The van der Waals surface area contributed by atoms with Crippen LogP contribution in [0.5, 0.6) is 5.75 Å². The number of nitrogens with zero attached hydrogens (tertiary/aromatic N) is 3. The molecule has 0 amide bonds. The molecule has 2 N–H and O–H groups in total. The maximum Gasteiger partial charge on any atom is 0.266 e. The number of nitrogens with two attached hydrogens (primary N) is 1. The molecule has 19 heavy (non-hydrogen) atoms. The molecule has 0 saturated carbocycles. The molecule has 1 aliphatic heterocycles. The highest BCUT2D eigenvalue weighted by molar-refractivity contribution is 5.51. The molecule has 2 aromatic rings. The summed E-state index contributed by atoms with van der Waals surface area (Å²) in [5.74, 6) is 1.74. The Morgan fingerprint density at radius 2 is 2.05 bits per heavy atom. The lowest BCUT2D eigenvalue weighted by Gasteiger charge is -2.09. The van der Waals surface area contributed by atoms with Crippen LogP contribution in [-0.4, -0.2) is 23.2 Å². The number of benzene rings is 1. The summed E-state index contributed by atoms with van der Waals surface area (Å²) in [6.45, 7) is 2.21. The topological polar surface area (TPSA) is 77.4 Å². The molecular weight excluding hydrogens is 244 g/mol. The van der Waals surface area contributed by atoms with E-state index in [2.05, 4.69) is 15.0 Å². The van der Waals surface area contributed by atoms with Gasteiger partial charge in [-0.3, -0.25) is 0 Å². The molecular formula is C13H16N4O2. The summed E-state index contributed by atoms with van der Waals surface area (Å²) < 4.78 is 10.7. The van der Waals surface area contributed by atoms with Crippen molar-refractivity contribution in [1.29, 1.82) is 0 Å². The van der Waals surface area contributed by atoms with Crippen molar-refractivity contribution in [2.24, 2.45) is 0 Å². The zero-order valence-electron chi connectivity index (χ0n) is 10.6. The van der Waals surface area contributed by atoms with E-state index in [-0.39, 0.29) is 6.61 Å². The second kappa shape index (κ2) is 5.17. The van der Waals surface area contributed by atoms with Gasteiger partial charge in [0.2, 0.25) is 0 Å². The molecule has 0 radical (unpaired) electrons. The molecule has 100 valence electrons. The van der Waals surface area contributed by atoms with Crippen molar-refractivity contribution in [2.45, 2.75) is 19.4 Å². The van der Waals surface area contributed by atoms with E-state index < -0.39 is 0 Å². The average Bonchev–Trinajstić information content (AvgIpc) is 3.09. The number of anilines is 2.